The number of carbonyl (C=O) groups is 4. The van der Waals surface area contributed by atoms with Crippen molar-refractivity contribution in [3.05, 3.63) is 41.1 Å². The molecule has 312 valence electrons. The Morgan fingerprint density at radius 1 is 1.02 bits per heavy atom. The first-order valence-corrected chi connectivity index (χ1v) is 21.8. The molecule has 14 nitrogen and oxygen atoms in total. The molecule has 7 aliphatic rings. The molecule has 3 N–H and O–H groups in total. The largest absolute Gasteiger partial charge is 0.491 e. The topological polar surface area (TPSA) is 169 Å². The lowest BCUT2D eigenvalue weighted by molar-refractivity contribution is -0.145. The zero-order chi connectivity index (χ0) is 40.0. The quantitative estimate of drug-likeness (QED) is 0.270. The molecule has 2 saturated heterocycles. The van der Waals surface area contributed by atoms with Gasteiger partial charge in [-0.15, -0.1) is 0 Å². The Balaban J connectivity index is 0.970. The van der Waals surface area contributed by atoms with Crippen molar-refractivity contribution in [2.24, 2.45) is 17.8 Å². The van der Waals surface area contributed by atoms with Crippen LogP contribution in [0.1, 0.15) is 88.7 Å². The fourth-order valence-corrected chi connectivity index (χ4v) is 9.81. The number of allylic oxidation sites excluding steroid dienone is 1. The van der Waals surface area contributed by atoms with Gasteiger partial charge in [0.2, 0.25) is 11.8 Å². The first-order chi connectivity index (χ1) is 28.1. The second-order valence-corrected chi connectivity index (χ2v) is 17.8. The maximum atomic E-state index is 14.6. The van der Waals surface area contributed by atoms with E-state index in [0.29, 0.717) is 71.9 Å². The molecule has 8 atom stereocenters. The van der Waals surface area contributed by atoms with Crippen LogP contribution in [0.4, 0.5) is 4.79 Å². The Hall–Kier alpha value is -4.14. The Bertz CT molecular complexity index is 1940. The van der Waals surface area contributed by atoms with E-state index in [1.807, 2.05) is 30.4 Å². The van der Waals surface area contributed by atoms with Crippen molar-refractivity contribution in [2.45, 2.75) is 113 Å². The molecular formula is C43H54ClN5O9. The lowest BCUT2D eigenvalue weighted by Crippen LogP contribution is -2.56. The van der Waals surface area contributed by atoms with Gasteiger partial charge >= 0.3 is 12.1 Å². The van der Waals surface area contributed by atoms with Crippen molar-refractivity contribution >= 4 is 46.4 Å². The summed E-state index contributed by atoms with van der Waals surface area (Å²) >= 11 is 7.01. The summed E-state index contributed by atoms with van der Waals surface area (Å²) < 4.78 is 24.2. The second kappa shape index (κ2) is 16.5. The number of hydrogen-bond acceptors (Lipinski definition) is 10. The van der Waals surface area contributed by atoms with Gasteiger partial charge in [0.05, 0.1) is 25.3 Å². The van der Waals surface area contributed by atoms with Crippen LogP contribution in [0, 0.1) is 17.8 Å². The number of benzene rings is 1. The number of carbonyl (C=O) groups excluding carboxylic acids is 3. The smallest absolute Gasteiger partial charge is 0.408 e. The van der Waals surface area contributed by atoms with E-state index in [1.54, 1.807) is 0 Å². The van der Waals surface area contributed by atoms with Crippen molar-refractivity contribution in [1.82, 2.24) is 25.4 Å². The summed E-state index contributed by atoms with van der Waals surface area (Å²) in [4.78, 5) is 63.5. The van der Waals surface area contributed by atoms with Gasteiger partial charge in [-0.2, -0.15) is 0 Å². The first kappa shape index (κ1) is 39.3. The van der Waals surface area contributed by atoms with Crippen LogP contribution in [0.5, 0.6) is 11.5 Å². The zero-order valence-corrected chi connectivity index (χ0v) is 33.6. The van der Waals surface area contributed by atoms with Gasteiger partial charge in [-0.05, 0) is 81.8 Å². The van der Waals surface area contributed by atoms with E-state index in [1.165, 1.54) is 11.3 Å². The number of aromatic nitrogens is 1. The maximum absolute atomic E-state index is 14.6. The number of morpholine rings is 1. The highest BCUT2D eigenvalue weighted by Gasteiger charge is 2.61. The van der Waals surface area contributed by atoms with E-state index in [2.05, 4.69) is 15.5 Å². The number of rotatable bonds is 10. The maximum Gasteiger partial charge on any atom is 0.408 e. The molecule has 0 radical (unpaired) electrons. The number of hydrogen-bond donors (Lipinski definition) is 3. The summed E-state index contributed by atoms with van der Waals surface area (Å²) in [5.41, 5.74) is -0.0235. The van der Waals surface area contributed by atoms with E-state index < -0.39 is 47.6 Å². The lowest BCUT2D eigenvalue weighted by atomic mass is 10.0. The van der Waals surface area contributed by atoms with Gasteiger partial charge in [-0.3, -0.25) is 19.5 Å². The number of amides is 3. The van der Waals surface area contributed by atoms with Gasteiger partial charge in [0.25, 0.3) is 0 Å². The molecule has 3 amide bonds. The number of nitrogens with one attached hydrogen (secondary N) is 2. The SMILES string of the molecule is O=C(N[C@H]1CCCCC/C=C\[C@H]2C[C@@]2(C(=O)O)NC(=O)[C@@H]2C[C@@H](Oc3cc(C4CC4)nc4c(Cl)c(OCCN5CCOCC5)ccc34)CN2C1=O)OC1C[C@@H]2C[C@@H]2C1. The van der Waals surface area contributed by atoms with Crippen LogP contribution in [-0.4, -0.2) is 120 Å². The van der Waals surface area contributed by atoms with Crippen molar-refractivity contribution in [3.63, 3.8) is 0 Å². The minimum absolute atomic E-state index is 0.0541. The van der Waals surface area contributed by atoms with Crippen LogP contribution >= 0.6 is 11.6 Å². The van der Waals surface area contributed by atoms with E-state index >= 15 is 0 Å². The van der Waals surface area contributed by atoms with Crippen molar-refractivity contribution in [1.29, 1.82) is 0 Å². The number of nitrogens with zero attached hydrogens (tertiary/aromatic N) is 3. The first-order valence-electron chi connectivity index (χ1n) is 21.4. The van der Waals surface area contributed by atoms with Crippen molar-refractivity contribution in [3.8, 4) is 11.5 Å². The molecule has 9 rings (SSSR count). The molecule has 1 aromatic carbocycles. The third-order valence-electron chi connectivity index (χ3n) is 13.3. The van der Waals surface area contributed by atoms with Crippen molar-refractivity contribution < 1.29 is 43.2 Å². The Kier molecular flexibility index (Phi) is 11.2. The molecule has 0 bridgehead atoms. The number of aliphatic carboxylic acids is 1. The standard InChI is InChI=1S/C43H54ClN5O9/c44-37-35(56-17-14-48-12-15-55-16-13-48)11-10-31-36(22-33(25-8-9-25)45-38(31)37)57-30-21-34-39(50)47-43(41(52)53)23-28(43)6-4-2-1-3-5-7-32(40(51)49(34)24-30)46-42(54)58-29-19-26-18-27(26)20-29/h4,6,10-11,22,25-30,32,34H,1-3,5,7-9,12-21,23-24H2,(H,46,54)(H,47,50)(H,52,53)/b6-4-/t26-,27+,28-,29?,30+,32-,34-,43+/m0/s1. The van der Waals surface area contributed by atoms with Crippen LogP contribution in [0.25, 0.3) is 10.9 Å². The molecule has 0 spiro atoms. The summed E-state index contributed by atoms with van der Waals surface area (Å²) in [7, 11) is 0. The van der Waals surface area contributed by atoms with Gasteiger partial charge in [0, 0.05) is 55.0 Å². The molecule has 4 saturated carbocycles. The second-order valence-electron chi connectivity index (χ2n) is 17.5. The predicted molar refractivity (Wildman–Crippen MR) is 213 cm³/mol. The lowest BCUT2D eigenvalue weighted by Gasteiger charge is -2.29. The summed E-state index contributed by atoms with van der Waals surface area (Å²) in [6, 6.07) is 3.68. The highest BCUT2D eigenvalue weighted by Crippen LogP contribution is 2.52. The molecule has 6 fully saturated rings. The number of carboxylic acids is 1. The average molecular weight is 820 g/mol. The van der Waals surface area contributed by atoms with Gasteiger partial charge in [-0.1, -0.05) is 36.6 Å². The van der Waals surface area contributed by atoms with Crippen LogP contribution in [0.2, 0.25) is 5.02 Å². The summed E-state index contributed by atoms with van der Waals surface area (Å²) in [6.45, 7) is 4.40. The van der Waals surface area contributed by atoms with Gasteiger partial charge in [0.1, 0.15) is 53.0 Å². The minimum atomic E-state index is -1.44. The Morgan fingerprint density at radius 3 is 2.60 bits per heavy atom. The number of pyridine rings is 1. The highest BCUT2D eigenvalue weighted by atomic mass is 35.5. The van der Waals surface area contributed by atoms with Crippen LogP contribution in [0.15, 0.2) is 30.4 Å². The summed E-state index contributed by atoms with van der Waals surface area (Å²) in [6.07, 6.45) is 11.2. The number of alkyl carbamates (subject to hydrolysis) is 1. The number of halogens is 1. The fraction of sp³-hybridized carbons (Fsp3) is 0.651. The van der Waals surface area contributed by atoms with E-state index in [-0.39, 0.29) is 37.3 Å². The molecule has 15 heteroatoms. The third-order valence-corrected chi connectivity index (χ3v) is 13.7. The average Bonchev–Trinajstić information content (AvgIpc) is 4.18. The van der Waals surface area contributed by atoms with Crippen LogP contribution in [0.3, 0.4) is 0 Å². The molecule has 4 aliphatic carbocycles. The summed E-state index contributed by atoms with van der Waals surface area (Å²) in [5.74, 6) is 0.181. The molecule has 1 aromatic heterocycles. The molecular weight excluding hydrogens is 766 g/mol. The third kappa shape index (κ3) is 8.47. The fourth-order valence-electron chi connectivity index (χ4n) is 9.54. The van der Waals surface area contributed by atoms with E-state index in [4.69, 9.17) is 35.5 Å². The zero-order valence-electron chi connectivity index (χ0n) is 32.9. The summed E-state index contributed by atoms with van der Waals surface area (Å²) in [5, 5.41) is 17.1. The van der Waals surface area contributed by atoms with Gasteiger partial charge in [0.15, 0.2) is 0 Å². The van der Waals surface area contributed by atoms with E-state index in [9.17, 15) is 24.3 Å². The van der Waals surface area contributed by atoms with Crippen LogP contribution < -0.4 is 20.1 Å². The number of carboxylic acid groups (broad SMARTS) is 1. The van der Waals surface area contributed by atoms with Gasteiger partial charge < -0.3 is 39.6 Å². The minimum Gasteiger partial charge on any atom is -0.491 e. The van der Waals surface area contributed by atoms with Gasteiger partial charge in [-0.25, -0.2) is 9.59 Å². The monoisotopic (exact) mass is 819 g/mol. The van der Waals surface area contributed by atoms with Crippen molar-refractivity contribution in [2.75, 3.05) is 46.0 Å². The normalized spacial score (nSPS) is 33.1. The molecule has 2 aromatic rings. The number of fused-ring (bicyclic) bond motifs is 4. The Labute approximate surface area is 343 Å². The molecule has 4 heterocycles. The molecule has 58 heavy (non-hydrogen) atoms. The highest BCUT2D eigenvalue weighted by molar-refractivity contribution is 6.36. The van der Waals surface area contributed by atoms with Crippen LogP contribution in [-0.2, 0) is 23.9 Å². The number of ether oxygens (including phenoxy) is 4. The molecule has 3 aliphatic heterocycles. The molecule has 1 unspecified atom stereocenters. The van der Waals surface area contributed by atoms with E-state index in [0.717, 1.165) is 70.3 Å². The Morgan fingerprint density at radius 2 is 1.83 bits per heavy atom. The predicted octanol–water partition coefficient (Wildman–Crippen LogP) is 5.20.